The maximum Gasteiger partial charge on any atom is 0.237 e. The van der Waals surface area contributed by atoms with E-state index in [1.54, 1.807) is 13.8 Å². The fourth-order valence-electron chi connectivity index (χ4n) is 2.16. The molecule has 5 nitrogen and oxygen atoms in total. The van der Waals surface area contributed by atoms with Gasteiger partial charge in [-0.2, -0.15) is 0 Å². The van der Waals surface area contributed by atoms with Crippen LogP contribution in [-0.2, 0) is 22.6 Å². The number of fused-ring (bicyclic) bond motifs is 1. The van der Waals surface area contributed by atoms with Crippen LogP contribution in [0.5, 0.6) is 0 Å². The van der Waals surface area contributed by atoms with Crippen LogP contribution < -0.4 is 16.4 Å². The Labute approximate surface area is 118 Å². The maximum atomic E-state index is 12.2. The van der Waals surface area contributed by atoms with Gasteiger partial charge in [-0.3, -0.25) is 9.59 Å². The number of carbonyl (C=O) groups is 2. The second-order valence-electron chi connectivity index (χ2n) is 5.87. The molecule has 1 aromatic carbocycles. The van der Waals surface area contributed by atoms with Crippen LogP contribution in [0.4, 0.5) is 0 Å². The zero-order valence-electron chi connectivity index (χ0n) is 11.9. The number of nitrogens with one attached hydrogen (secondary N) is 2. The van der Waals surface area contributed by atoms with E-state index in [-0.39, 0.29) is 18.5 Å². The number of rotatable bonds is 4. The van der Waals surface area contributed by atoms with Gasteiger partial charge in [-0.25, -0.2) is 0 Å². The normalized spacial score (nSPS) is 18.2. The second kappa shape index (κ2) is 5.63. The molecule has 1 aromatic rings. The van der Waals surface area contributed by atoms with E-state index in [4.69, 9.17) is 5.73 Å². The van der Waals surface area contributed by atoms with E-state index in [9.17, 15) is 9.59 Å². The van der Waals surface area contributed by atoms with E-state index in [1.807, 2.05) is 18.2 Å². The van der Waals surface area contributed by atoms with Gasteiger partial charge in [0.05, 0.1) is 11.5 Å². The highest BCUT2D eigenvalue weighted by atomic mass is 16.2. The Balaban J connectivity index is 1.94. The van der Waals surface area contributed by atoms with Crippen LogP contribution in [0, 0.1) is 5.41 Å². The summed E-state index contributed by atoms with van der Waals surface area (Å²) < 4.78 is 0. The minimum absolute atomic E-state index is 0.0890. The van der Waals surface area contributed by atoms with Crippen molar-refractivity contribution in [2.45, 2.75) is 32.9 Å². The first-order chi connectivity index (χ1) is 9.40. The van der Waals surface area contributed by atoms with Crippen molar-refractivity contribution >= 4 is 11.8 Å². The lowest BCUT2D eigenvalue weighted by molar-refractivity contribution is -0.127. The fraction of sp³-hybridized carbons (Fsp3) is 0.467. The average molecular weight is 275 g/mol. The summed E-state index contributed by atoms with van der Waals surface area (Å²) in [5.41, 5.74) is 6.98. The molecule has 0 aliphatic carbocycles. The second-order valence-corrected chi connectivity index (χ2v) is 5.87. The number of hydrogen-bond acceptors (Lipinski definition) is 3. The topological polar surface area (TPSA) is 84.2 Å². The molecule has 0 unspecified atom stereocenters. The molecule has 1 aliphatic rings. The van der Waals surface area contributed by atoms with Crippen molar-refractivity contribution in [3.05, 3.63) is 35.4 Å². The molecule has 1 aliphatic heterocycles. The molecular formula is C15H21N3O2. The van der Waals surface area contributed by atoms with Crippen LogP contribution in [0.15, 0.2) is 24.3 Å². The minimum Gasteiger partial charge on any atom is -0.369 e. The first kappa shape index (κ1) is 14.5. The molecule has 0 saturated carbocycles. The standard InChI is InChI=1S/C15H21N3O2/c1-15(2,14(16)20)9-18-13(19)12-7-10-5-3-4-6-11(10)8-17-12/h3-6,12,17H,7-9H2,1-2H3,(H2,16,20)(H,18,19)/t12-/m1/s1. The molecule has 2 rings (SSSR count). The Morgan fingerprint density at radius 1 is 1.35 bits per heavy atom. The molecule has 108 valence electrons. The van der Waals surface area contributed by atoms with Gasteiger partial charge in [0.1, 0.15) is 0 Å². The van der Waals surface area contributed by atoms with Gasteiger partial charge in [-0.15, -0.1) is 0 Å². The van der Waals surface area contributed by atoms with Gasteiger partial charge in [0, 0.05) is 13.1 Å². The van der Waals surface area contributed by atoms with E-state index >= 15 is 0 Å². The molecular weight excluding hydrogens is 254 g/mol. The zero-order chi connectivity index (χ0) is 14.8. The number of hydrogen-bond donors (Lipinski definition) is 3. The molecule has 1 heterocycles. The van der Waals surface area contributed by atoms with Crippen molar-refractivity contribution in [1.29, 1.82) is 0 Å². The van der Waals surface area contributed by atoms with Crippen molar-refractivity contribution in [3.63, 3.8) is 0 Å². The summed E-state index contributed by atoms with van der Waals surface area (Å²) in [6.07, 6.45) is 0.666. The molecule has 0 spiro atoms. The van der Waals surface area contributed by atoms with Crippen LogP contribution in [0.1, 0.15) is 25.0 Å². The van der Waals surface area contributed by atoms with Crippen molar-refractivity contribution in [3.8, 4) is 0 Å². The summed E-state index contributed by atoms with van der Waals surface area (Å²) >= 11 is 0. The Morgan fingerprint density at radius 2 is 2.00 bits per heavy atom. The van der Waals surface area contributed by atoms with E-state index < -0.39 is 11.3 Å². The van der Waals surface area contributed by atoms with Gasteiger partial charge in [-0.1, -0.05) is 24.3 Å². The summed E-state index contributed by atoms with van der Waals surface area (Å²) in [5, 5.41) is 6.01. The van der Waals surface area contributed by atoms with Crippen molar-refractivity contribution in [2.24, 2.45) is 11.1 Å². The third-order valence-corrected chi connectivity index (χ3v) is 3.77. The monoisotopic (exact) mass is 275 g/mol. The molecule has 20 heavy (non-hydrogen) atoms. The Hall–Kier alpha value is -1.88. The van der Waals surface area contributed by atoms with Gasteiger partial charge >= 0.3 is 0 Å². The number of primary amides is 1. The molecule has 1 atom stereocenters. The number of benzene rings is 1. The van der Waals surface area contributed by atoms with Crippen LogP contribution in [0.3, 0.4) is 0 Å². The first-order valence-electron chi connectivity index (χ1n) is 6.78. The average Bonchev–Trinajstić information content (AvgIpc) is 2.44. The Bertz CT molecular complexity index is 526. The predicted octanol–water partition coefficient (Wildman–Crippen LogP) is 0.329. The van der Waals surface area contributed by atoms with Crippen molar-refractivity contribution in [2.75, 3.05) is 6.54 Å². The van der Waals surface area contributed by atoms with Crippen molar-refractivity contribution < 1.29 is 9.59 Å². The molecule has 2 amide bonds. The molecule has 5 heteroatoms. The number of amides is 2. The highest BCUT2D eigenvalue weighted by Crippen LogP contribution is 2.17. The first-order valence-corrected chi connectivity index (χ1v) is 6.78. The third-order valence-electron chi connectivity index (χ3n) is 3.77. The molecule has 0 fully saturated rings. The number of carbonyl (C=O) groups excluding carboxylic acids is 2. The predicted molar refractivity (Wildman–Crippen MR) is 76.8 cm³/mol. The highest BCUT2D eigenvalue weighted by Gasteiger charge is 2.28. The smallest absolute Gasteiger partial charge is 0.237 e. The minimum atomic E-state index is -0.734. The summed E-state index contributed by atoms with van der Waals surface area (Å²) in [7, 11) is 0. The van der Waals surface area contributed by atoms with E-state index in [0.29, 0.717) is 13.0 Å². The van der Waals surface area contributed by atoms with Crippen LogP contribution in [0.25, 0.3) is 0 Å². The van der Waals surface area contributed by atoms with Crippen LogP contribution in [-0.4, -0.2) is 24.4 Å². The summed E-state index contributed by atoms with van der Waals surface area (Å²) in [6, 6.07) is 7.83. The quantitative estimate of drug-likeness (QED) is 0.740. The fourth-order valence-corrected chi connectivity index (χ4v) is 2.16. The third kappa shape index (κ3) is 3.17. The molecule has 4 N–H and O–H groups in total. The van der Waals surface area contributed by atoms with Crippen LogP contribution in [0.2, 0.25) is 0 Å². The molecule has 0 aromatic heterocycles. The Morgan fingerprint density at radius 3 is 2.65 bits per heavy atom. The zero-order valence-corrected chi connectivity index (χ0v) is 11.9. The maximum absolute atomic E-state index is 12.2. The summed E-state index contributed by atoms with van der Waals surface area (Å²) in [5.74, 6) is -0.506. The Kier molecular flexibility index (Phi) is 4.09. The van der Waals surface area contributed by atoms with Gasteiger partial charge in [-0.05, 0) is 31.4 Å². The highest BCUT2D eigenvalue weighted by molar-refractivity contribution is 5.84. The van der Waals surface area contributed by atoms with Gasteiger partial charge in [0.25, 0.3) is 0 Å². The SMILES string of the molecule is CC(C)(CNC(=O)[C@H]1Cc2ccccc2CN1)C(N)=O. The largest absolute Gasteiger partial charge is 0.369 e. The molecule has 0 saturated heterocycles. The summed E-state index contributed by atoms with van der Waals surface area (Å²) in [4.78, 5) is 23.4. The lowest BCUT2D eigenvalue weighted by atomic mass is 9.92. The van der Waals surface area contributed by atoms with Crippen molar-refractivity contribution in [1.82, 2.24) is 10.6 Å². The summed E-state index contributed by atoms with van der Waals surface area (Å²) in [6.45, 7) is 4.38. The van der Waals surface area contributed by atoms with E-state index in [0.717, 1.165) is 0 Å². The lowest BCUT2D eigenvalue weighted by Crippen LogP contribution is -2.51. The van der Waals surface area contributed by atoms with Gasteiger partial charge in [0.2, 0.25) is 11.8 Å². The van der Waals surface area contributed by atoms with Crippen LogP contribution >= 0.6 is 0 Å². The van der Waals surface area contributed by atoms with E-state index in [1.165, 1.54) is 11.1 Å². The van der Waals surface area contributed by atoms with Gasteiger partial charge in [0.15, 0.2) is 0 Å². The molecule has 0 bridgehead atoms. The van der Waals surface area contributed by atoms with Gasteiger partial charge < -0.3 is 16.4 Å². The number of nitrogens with two attached hydrogens (primary N) is 1. The van der Waals surface area contributed by atoms with E-state index in [2.05, 4.69) is 16.7 Å². The lowest BCUT2D eigenvalue weighted by Gasteiger charge is -2.27. The molecule has 0 radical (unpaired) electrons.